The van der Waals surface area contributed by atoms with E-state index < -0.39 is 5.91 Å². The summed E-state index contributed by atoms with van der Waals surface area (Å²) in [5, 5.41) is 4.00. The van der Waals surface area contributed by atoms with E-state index in [0.29, 0.717) is 30.2 Å². The van der Waals surface area contributed by atoms with Gasteiger partial charge in [-0.25, -0.2) is 0 Å². The van der Waals surface area contributed by atoms with E-state index in [1.54, 1.807) is 23.0 Å². The number of rotatable bonds is 5. The number of nitrogens with two attached hydrogens (primary N) is 2. The molecule has 18 heavy (non-hydrogen) atoms. The number of anilines is 1. The summed E-state index contributed by atoms with van der Waals surface area (Å²) in [5.41, 5.74) is 11.8. The Kier molecular flexibility index (Phi) is 3.47. The van der Waals surface area contributed by atoms with Gasteiger partial charge in [-0.1, -0.05) is 6.07 Å². The third-order valence-corrected chi connectivity index (χ3v) is 2.36. The Bertz CT molecular complexity index is 551. The topological polar surface area (TPSA) is 96.2 Å². The van der Waals surface area contributed by atoms with E-state index in [0.717, 1.165) is 0 Å². The number of amides is 1. The van der Waals surface area contributed by atoms with Crippen LogP contribution in [0.25, 0.3) is 0 Å². The predicted octanol–water partition coefficient (Wildman–Crippen LogP) is 0.643. The van der Waals surface area contributed by atoms with Gasteiger partial charge >= 0.3 is 0 Å². The van der Waals surface area contributed by atoms with Crippen LogP contribution < -0.4 is 16.2 Å². The molecule has 1 heterocycles. The molecule has 0 saturated heterocycles. The molecular formula is C12H14N4O2. The van der Waals surface area contributed by atoms with Gasteiger partial charge in [0.15, 0.2) is 0 Å². The number of carbonyl (C=O) groups excluding carboxylic acids is 1. The first kappa shape index (κ1) is 12.0. The highest BCUT2D eigenvalue weighted by molar-refractivity contribution is 5.92. The van der Waals surface area contributed by atoms with Crippen molar-refractivity contribution in [2.24, 2.45) is 5.73 Å². The zero-order valence-corrected chi connectivity index (χ0v) is 9.74. The van der Waals surface area contributed by atoms with Gasteiger partial charge in [-0.15, -0.1) is 0 Å². The fourth-order valence-corrected chi connectivity index (χ4v) is 1.47. The van der Waals surface area contributed by atoms with Crippen molar-refractivity contribution in [3.05, 3.63) is 42.2 Å². The third kappa shape index (κ3) is 3.00. The summed E-state index contributed by atoms with van der Waals surface area (Å²) in [6.45, 7) is 0.964. The van der Waals surface area contributed by atoms with Gasteiger partial charge in [-0.05, 0) is 12.1 Å². The van der Waals surface area contributed by atoms with Crippen molar-refractivity contribution >= 4 is 11.6 Å². The van der Waals surface area contributed by atoms with E-state index in [2.05, 4.69) is 5.10 Å². The third-order valence-electron chi connectivity index (χ3n) is 2.36. The van der Waals surface area contributed by atoms with Crippen LogP contribution >= 0.6 is 0 Å². The Morgan fingerprint density at radius 3 is 2.94 bits per heavy atom. The minimum absolute atomic E-state index is 0.388. The maximum Gasteiger partial charge on any atom is 0.251 e. The molecule has 1 amide bonds. The SMILES string of the molecule is NC(=O)c1cnn(CCOc2cccc(N)c2)c1. The monoisotopic (exact) mass is 246 g/mol. The lowest BCUT2D eigenvalue weighted by atomic mass is 10.3. The molecule has 0 radical (unpaired) electrons. The van der Waals surface area contributed by atoms with Gasteiger partial charge in [-0.2, -0.15) is 5.10 Å². The van der Waals surface area contributed by atoms with E-state index in [-0.39, 0.29) is 0 Å². The van der Waals surface area contributed by atoms with Crippen molar-refractivity contribution in [2.75, 3.05) is 12.3 Å². The molecule has 0 fully saturated rings. The summed E-state index contributed by atoms with van der Waals surface area (Å²) in [6, 6.07) is 7.19. The number of carbonyl (C=O) groups is 1. The second kappa shape index (κ2) is 5.22. The number of hydrogen-bond acceptors (Lipinski definition) is 4. The molecule has 6 heteroatoms. The number of ether oxygens (including phenoxy) is 1. The number of aromatic nitrogens is 2. The summed E-state index contributed by atoms with van der Waals surface area (Å²) >= 11 is 0. The van der Waals surface area contributed by atoms with Crippen molar-refractivity contribution in [1.82, 2.24) is 9.78 Å². The molecule has 0 aliphatic rings. The Morgan fingerprint density at radius 2 is 2.28 bits per heavy atom. The molecule has 94 valence electrons. The average Bonchev–Trinajstić information content (AvgIpc) is 2.78. The number of hydrogen-bond donors (Lipinski definition) is 2. The number of nitrogen functional groups attached to an aromatic ring is 1. The number of benzene rings is 1. The van der Waals surface area contributed by atoms with Crippen molar-refractivity contribution in [3.63, 3.8) is 0 Å². The second-order valence-corrected chi connectivity index (χ2v) is 3.78. The average molecular weight is 246 g/mol. The van der Waals surface area contributed by atoms with Crippen molar-refractivity contribution in [1.29, 1.82) is 0 Å². The zero-order valence-electron chi connectivity index (χ0n) is 9.74. The molecule has 0 unspecified atom stereocenters. The molecule has 0 spiro atoms. The van der Waals surface area contributed by atoms with E-state index in [9.17, 15) is 4.79 Å². The lowest BCUT2D eigenvalue weighted by molar-refractivity contribution is 0.1000. The number of nitrogens with zero attached hydrogens (tertiary/aromatic N) is 2. The van der Waals surface area contributed by atoms with Gasteiger partial charge < -0.3 is 16.2 Å². The Hall–Kier alpha value is -2.50. The highest BCUT2D eigenvalue weighted by Crippen LogP contribution is 2.14. The Balaban J connectivity index is 1.86. The Labute approximate surface area is 104 Å². The molecule has 1 aromatic carbocycles. The normalized spacial score (nSPS) is 10.2. The van der Waals surface area contributed by atoms with Crippen LogP contribution in [0.2, 0.25) is 0 Å². The zero-order chi connectivity index (χ0) is 13.0. The van der Waals surface area contributed by atoms with E-state index in [1.807, 2.05) is 12.1 Å². The fourth-order valence-electron chi connectivity index (χ4n) is 1.47. The minimum Gasteiger partial charge on any atom is -0.492 e. The molecule has 4 N–H and O–H groups in total. The second-order valence-electron chi connectivity index (χ2n) is 3.78. The molecular weight excluding hydrogens is 232 g/mol. The smallest absolute Gasteiger partial charge is 0.251 e. The molecule has 6 nitrogen and oxygen atoms in total. The van der Waals surface area contributed by atoms with Gasteiger partial charge in [0.25, 0.3) is 5.91 Å². The van der Waals surface area contributed by atoms with Crippen molar-refractivity contribution in [3.8, 4) is 5.75 Å². The lowest BCUT2D eigenvalue weighted by Crippen LogP contribution is -2.11. The highest BCUT2D eigenvalue weighted by atomic mass is 16.5. The first-order valence-corrected chi connectivity index (χ1v) is 5.46. The van der Waals surface area contributed by atoms with Gasteiger partial charge in [-0.3, -0.25) is 9.48 Å². The lowest BCUT2D eigenvalue weighted by Gasteiger charge is -2.06. The maximum absolute atomic E-state index is 10.9. The largest absolute Gasteiger partial charge is 0.492 e. The fraction of sp³-hybridized carbons (Fsp3) is 0.167. The summed E-state index contributed by atoms with van der Waals surface area (Å²) in [6.07, 6.45) is 3.02. The van der Waals surface area contributed by atoms with Crippen LogP contribution in [0.4, 0.5) is 5.69 Å². The van der Waals surface area contributed by atoms with Gasteiger partial charge in [0.05, 0.1) is 18.3 Å². The molecule has 0 aliphatic heterocycles. The molecule has 2 rings (SSSR count). The summed E-state index contributed by atoms with van der Waals surface area (Å²) in [7, 11) is 0. The van der Waals surface area contributed by atoms with Gasteiger partial charge in [0.2, 0.25) is 0 Å². The van der Waals surface area contributed by atoms with Crippen LogP contribution in [0, 0.1) is 0 Å². The first-order chi connectivity index (χ1) is 8.65. The molecule has 0 atom stereocenters. The first-order valence-electron chi connectivity index (χ1n) is 5.46. The summed E-state index contributed by atoms with van der Waals surface area (Å²) < 4.78 is 7.11. The van der Waals surface area contributed by atoms with Crippen molar-refractivity contribution in [2.45, 2.75) is 6.54 Å². The molecule has 2 aromatic rings. The standard InChI is InChI=1S/C12H14N4O2/c13-10-2-1-3-11(6-10)18-5-4-16-8-9(7-15-16)12(14)17/h1-3,6-8H,4-5,13H2,(H2,14,17). The Morgan fingerprint density at radius 1 is 1.44 bits per heavy atom. The van der Waals surface area contributed by atoms with Crippen LogP contribution in [-0.4, -0.2) is 22.3 Å². The van der Waals surface area contributed by atoms with Crippen LogP contribution in [0.5, 0.6) is 5.75 Å². The van der Waals surface area contributed by atoms with Crippen LogP contribution in [0.15, 0.2) is 36.7 Å². The van der Waals surface area contributed by atoms with Gasteiger partial charge in [0.1, 0.15) is 12.4 Å². The minimum atomic E-state index is -0.488. The van der Waals surface area contributed by atoms with Crippen molar-refractivity contribution < 1.29 is 9.53 Å². The molecule has 0 saturated carbocycles. The van der Waals surface area contributed by atoms with Crippen LogP contribution in [0.1, 0.15) is 10.4 Å². The summed E-state index contributed by atoms with van der Waals surface area (Å²) in [5.74, 6) is 0.218. The maximum atomic E-state index is 10.9. The van der Waals surface area contributed by atoms with E-state index in [1.165, 1.54) is 6.20 Å². The van der Waals surface area contributed by atoms with Crippen LogP contribution in [-0.2, 0) is 6.54 Å². The quantitative estimate of drug-likeness (QED) is 0.757. The number of primary amides is 1. The highest BCUT2D eigenvalue weighted by Gasteiger charge is 2.03. The molecule has 0 aliphatic carbocycles. The summed E-state index contributed by atoms with van der Waals surface area (Å²) in [4.78, 5) is 10.9. The molecule has 1 aromatic heterocycles. The van der Waals surface area contributed by atoms with Crippen LogP contribution in [0.3, 0.4) is 0 Å². The van der Waals surface area contributed by atoms with Gasteiger partial charge in [0, 0.05) is 18.0 Å². The molecule has 0 bridgehead atoms. The van der Waals surface area contributed by atoms with E-state index >= 15 is 0 Å². The van der Waals surface area contributed by atoms with E-state index in [4.69, 9.17) is 16.2 Å². The predicted molar refractivity (Wildman–Crippen MR) is 67.1 cm³/mol.